The fourth-order valence-corrected chi connectivity index (χ4v) is 8.20. The van der Waals surface area contributed by atoms with Crippen LogP contribution in [0.3, 0.4) is 0 Å². The van der Waals surface area contributed by atoms with Crippen LogP contribution in [0.25, 0.3) is 0 Å². The van der Waals surface area contributed by atoms with E-state index in [1.807, 2.05) is 6.07 Å². The maximum absolute atomic E-state index is 13.6. The highest BCUT2D eigenvalue weighted by Crippen LogP contribution is 2.65. The van der Waals surface area contributed by atoms with Gasteiger partial charge in [-0.05, 0) is 74.8 Å². The summed E-state index contributed by atoms with van der Waals surface area (Å²) < 4.78 is 47.2. The molecular formula is C29H29F3N4O4. The zero-order valence-corrected chi connectivity index (χ0v) is 21.6. The highest BCUT2D eigenvalue weighted by atomic mass is 19.4. The Hall–Kier alpha value is -3.18. The molecule has 2 aromatic carbocycles. The average molecular weight is 555 g/mol. The summed E-state index contributed by atoms with van der Waals surface area (Å²) in [6.07, 6.45) is -0.713. The van der Waals surface area contributed by atoms with Gasteiger partial charge >= 0.3 is 11.8 Å². The van der Waals surface area contributed by atoms with Gasteiger partial charge < -0.3 is 20.3 Å². The Balaban J connectivity index is 1.13. The van der Waals surface area contributed by atoms with Crippen LogP contribution in [0.5, 0.6) is 11.5 Å². The van der Waals surface area contributed by atoms with Gasteiger partial charge in [-0.25, -0.2) is 0 Å². The second-order valence-corrected chi connectivity index (χ2v) is 12.4. The molecule has 8 nitrogen and oxygen atoms in total. The van der Waals surface area contributed by atoms with E-state index in [-0.39, 0.29) is 22.9 Å². The zero-order valence-electron chi connectivity index (χ0n) is 21.6. The molecule has 1 saturated heterocycles. The molecule has 3 N–H and O–H groups in total. The number of nitrogens with zero attached hydrogens (tertiary/aromatic N) is 3. The Morgan fingerprint density at radius 3 is 2.67 bits per heavy atom. The van der Waals surface area contributed by atoms with Crippen LogP contribution in [0.15, 0.2) is 46.6 Å². The van der Waals surface area contributed by atoms with Gasteiger partial charge in [-0.15, -0.1) is 10.2 Å². The maximum atomic E-state index is 13.6. The molecule has 1 amide bonds. The van der Waals surface area contributed by atoms with Crippen molar-refractivity contribution in [3.63, 3.8) is 0 Å². The molecule has 5 atom stereocenters. The molecule has 8 rings (SSSR count). The predicted molar refractivity (Wildman–Crippen MR) is 135 cm³/mol. The van der Waals surface area contributed by atoms with E-state index in [1.54, 1.807) is 6.07 Å². The summed E-state index contributed by atoms with van der Waals surface area (Å²) in [5.41, 5.74) is -2.74. The van der Waals surface area contributed by atoms with E-state index in [0.717, 1.165) is 24.2 Å². The number of carbonyl (C=O) groups is 1. The number of aliphatic hydroxyl groups is 1. The molecule has 0 unspecified atom stereocenters. The van der Waals surface area contributed by atoms with Gasteiger partial charge in [-0.3, -0.25) is 9.69 Å². The van der Waals surface area contributed by atoms with Crippen molar-refractivity contribution >= 4 is 5.91 Å². The number of halogens is 3. The average Bonchev–Trinajstić information content (AvgIpc) is 3.84. The standard InChI is InChI=1S/C29H29F3N4O4/c30-29(31,32)28(34-35-28)18-3-1-2-17(12-18)25(38)33-19-8-9-27(39)21-13-16-6-7-20(37)23-22(16)26(27,24(19)40-23)10-11-36(21)14-15-4-5-15/h1-3,6-7,12,15,19,21,24,37,39H,4-5,8-11,13-14H2,(H,33,38)/t19-,21-,24+,26+,27-/m1/s1. The highest BCUT2D eigenvalue weighted by Gasteiger charge is 2.73. The lowest BCUT2D eigenvalue weighted by Crippen LogP contribution is -2.78. The molecule has 11 heteroatoms. The fourth-order valence-electron chi connectivity index (χ4n) is 8.20. The lowest BCUT2D eigenvalue weighted by Gasteiger charge is -2.64. The van der Waals surface area contributed by atoms with Crippen molar-refractivity contribution < 1.29 is 32.9 Å². The third-order valence-electron chi connectivity index (χ3n) is 10.3. The maximum Gasteiger partial charge on any atom is 0.442 e. The van der Waals surface area contributed by atoms with Crippen molar-refractivity contribution in [2.45, 2.75) is 79.6 Å². The summed E-state index contributed by atoms with van der Waals surface area (Å²) >= 11 is 0. The molecule has 2 bridgehead atoms. The molecule has 2 saturated carbocycles. The number of piperidine rings is 1. The number of nitrogens with one attached hydrogen (secondary N) is 1. The largest absolute Gasteiger partial charge is 0.504 e. The molecule has 0 radical (unpaired) electrons. The molecule has 3 aliphatic carbocycles. The molecule has 3 heterocycles. The minimum absolute atomic E-state index is 0.0101. The van der Waals surface area contributed by atoms with E-state index in [1.165, 1.54) is 37.1 Å². The first-order valence-corrected chi connectivity index (χ1v) is 14.0. The van der Waals surface area contributed by atoms with Crippen molar-refractivity contribution in [3.8, 4) is 11.5 Å². The number of phenols is 1. The Morgan fingerprint density at radius 2 is 1.95 bits per heavy atom. The summed E-state index contributed by atoms with van der Waals surface area (Å²) in [5, 5.41) is 32.8. The quantitative estimate of drug-likeness (QED) is 0.519. The fraction of sp³-hybridized carbons (Fsp3) is 0.552. The van der Waals surface area contributed by atoms with Crippen molar-refractivity contribution in [1.82, 2.24) is 10.2 Å². The van der Waals surface area contributed by atoms with Crippen LogP contribution < -0.4 is 10.1 Å². The van der Waals surface area contributed by atoms with Crippen LogP contribution in [0, 0.1) is 5.92 Å². The van der Waals surface area contributed by atoms with Crippen molar-refractivity contribution in [2.75, 3.05) is 13.1 Å². The van der Waals surface area contributed by atoms with Gasteiger partial charge in [0, 0.05) is 29.3 Å². The highest BCUT2D eigenvalue weighted by molar-refractivity contribution is 5.94. The summed E-state index contributed by atoms with van der Waals surface area (Å²) in [6.45, 7) is 1.75. The van der Waals surface area contributed by atoms with Gasteiger partial charge in [-0.2, -0.15) is 13.2 Å². The summed E-state index contributed by atoms with van der Waals surface area (Å²) in [5.74, 6) is 0.525. The number of alkyl halides is 3. The number of rotatable bonds is 5. The molecule has 3 fully saturated rings. The SMILES string of the molecule is O=C(N[C@@H]1CC[C@@]2(O)[C@H]3Cc4ccc(O)c5c4[C@@]2(CCN3CC2CC2)[C@H]1O5)c1cccc(C2(C(F)(F)F)N=N2)c1. The second-order valence-electron chi connectivity index (χ2n) is 12.4. The zero-order chi connectivity index (χ0) is 27.7. The molecule has 1 spiro atoms. The minimum Gasteiger partial charge on any atom is -0.504 e. The first kappa shape index (κ1) is 24.6. The number of aromatic hydroxyl groups is 1. The molecule has 6 aliphatic rings. The van der Waals surface area contributed by atoms with Crippen LogP contribution >= 0.6 is 0 Å². The van der Waals surface area contributed by atoms with Crippen LogP contribution in [0.4, 0.5) is 13.2 Å². The lowest BCUT2D eigenvalue weighted by atomic mass is 9.48. The molecule has 210 valence electrons. The molecule has 40 heavy (non-hydrogen) atoms. The molecule has 0 aromatic heterocycles. The van der Waals surface area contributed by atoms with E-state index in [2.05, 4.69) is 20.4 Å². The van der Waals surface area contributed by atoms with Crippen LogP contribution in [0.1, 0.15) is 59.2 Å². The van der Waals surface area contributed by atoms with Gasteiger partial charge in [-0.1, -0.05) is 18.2 Å². The predicted octanol–water partition coefficient (Wildman–Crippen LogP) is 3.94. The van der Waals surface area contributed by atoms with Gasteiger partial charge in [0.15, 0.2) is 11.5 Å². The smallest absolute Gasteiger partial charge is 0.442 e. The Morgan fingerprint density at radius 1 is 1.15 bits per heavy atom. The van der Waals surface area contributed by atoms with E-state index < -0.39 is 40.9 Å². The third kappa shape index (κ3) is 3.07. The monoisotopic (exact) mass is 554 g/mol. The Bertz CT molecular complexity index is 1470. The number of hydrogen-bond acceptors (Lipinski definition) is 7. The second kappa shape index (κ2) is 7.76. The summed E-state index contributed by atoms with van der Waals surface area (Å²) in [6, 6.07) is 8.26. The first-order valence-electron chi connectivity index (χ1n) is 14.0. The van der Waals surface area contributed by atoms with Crippen molar-refractivity contribution in [1.29, 1.82) is 0 Å². The first-order chi connectivity index (χ1) is 19.1. The number of likely N-dealkylation sites (tertiary alicyclic amines) is 1. The molecular weight excluding hydrogens is 525 g/mol. The lowest BCUT2D eigenvalue weighted by molar-refractivity contribution is -0.191. The Labute approximate surface area is 228 Å². The number of phenolic OH excluding ortho intramolecular Hbond substituents is 1. The third-order valence-corrected chi connectivity index (χ3v) is 10.3. The van der Waals surface area contributed by atoms with Crippen molar-refractivity contribution in [3.05, 3.63) is 58.7 Å². The minimum atomic E-state index is -4.69. The molecule has 3 aliphatic heterocycles. The number of amides is 1. The van der Waals surface area contributed by atoms with Gasteiger partial charge in [0.05, 0.1) is 17.1 Å². The van der Waals surface area contributed by atoms with Gasteiger partial charge in [0.25, 0.3) is 5.91 Å². The van der Waals surface area contributed by atoms with Gasteiger partial charge in [0.2, 0.25) is 0 Å². The van der Waals surface area contributed by atoms with E-state index in [0.29, 0.717) is 37.4 Å². The normalized spacial score (nSPS) is 34.6. The van der Waals surface area contributed by atoms with Crippen molar-refractivity contribution in [2.24, 2.45) is 16.1 Å². The Kier molecular flexibility index (Phi) is 4.77. The number of benzene rings is 2. The van der Waals surface area contributed by atoms with Gasteiger partial charge in [0.1, 0.15) is 6.10 Å². The number of ether oxygens (including phenoxy) is 1. The van der Waals surface area contributed by atoms with E-state index >= 15 is 0 Å². The summed E-state index contributed by atoms with van der Waals surface area (Å²) in [7, 11) is 0. The summed E-state index contributed by atoms with van der Waals surface area (Å²) in [4.78, 5) is 15.9. The number of hydrogen-bond donors (Lipinski definition) is 3. The van der Waals surface area contributed by atoms with E-state index in [9.17, 15) is 28.2 Å². The van der Waals surface area contributed by atoms with E-state index in [4.69, 9.17) is 4.74 Å². The van der Waals surface area contributed by atoms with Crippen LogP contribution in [-0.4, -0.2) is 64.1 Å². The topological polar surface area (TPSA) is 107 Å². The van der Waals surface area contributed by atoms with Crippen LogP contribution in [0.2, 0.25) is 0 Å². The van der Waals surface area contributed by atoms with Crippen LogP contribution in [-0.2, 0) is 17.5 Å². The molecule has 2 aromatic rings. The number of carbonyl (C=O) groups excluding carboxylic acids is 1.